The molecule has 261 valence electrons. The molecule has 0 fully saturated rings. The van der Waals surface area contributed by atoms with Gasteiger partial charge in [0, 0.05) is 48.3 Å². The number of aryl methyl sites for hydroxylation is 2. The van der Waals surface area contributed by atoms with E-state index in [0.29, 0.717) is 54.0 Å². The Morgan fingerprint density at radius 1 is 0.918 bits per heavy atom. The first kappa shape index (κ1) is 37.3. The molecule has 0 aliphatic carbocycles. The van der Waals surface area contributed by atoms with Crippen molar-refractivity contribution >= 4 is 57.1 Å². The van der Waals surface area contributed by atoms with Gasteiger partial charge in [0.2, 0.25) is 11.8 Å². The second kappa shape index (κ2) is 15.4. The molecule has 0 saturated carbocycles. The van der Waals surface area contributed by atoms with Gasteiger partial charge in [-0.3, -0.25) is 14.6 Å². The third-order valence-electron chi connectivity index (χ3n) is 9.56. The summed E-state index contributed by atoms with van der Waals surface area (Å²) in [7, 11) is 0. The van der Waals surface area contributed by atoms with Crippen LogP contribution >= 0.6 is 0 Å². The van der Waals surface area contributed by atoms with E-state index in [1.54, 1.807) is 6.92 Å². The maximum Gasteiger partial charge on any atom is 2.00 e. The Morgan fingerprint density at radius 2 is 1.57 bits per heavy atom. The number of amides is 2. The molecule has 2 aliphatic heterocycles. The molecule has 2 aliphatic rings. The summed E-state index contributed by atoms with van der Waals surface area (Å²) in [4.78, 5) is 59.0. The Bertz CT molecular complexity index is 2020. The zero-order valence-electron chi connectivity index (χ0n) is 29.2. The van der Waals surface area contributed by atoms with Crippen LogP contribution in [0, 0.1) is 13.8 Å². The number of rotatable bonds is 10. The molecule has 2 unspecified atom stereocenters. The summed E-state index contributed by atoms with van der Waals surface area (Å²) in [5.41, 5.74) is 9.83. The fourth-order valence-electron chi connectivity index (χ4n) is 6.93. The van der Waals surface area contributed by atoms with E-state index in [-0.39, 0.29) is 64.6 Å². The molecule has 2 atom stereocenters. The van der Waals surface area contributed by atoms with Crippen molar-refractivity contribution in [3.63, 3.8) is 0 Å². The Kier molecular flexibility index (Phi) is 11.7. The molecular weight excluding hydrogens is 668 g/mol. The largest absolute Gasteiger partial charge is 2.00 e. The molecule has 11 heteroatoms. The minimum Gasteiger partial charge on any atom is -0.657 e. The van der Waals surface area contributed by atoms with Crippen LogP contribution in [-0.4, -0.2) is 45.9 Å². The summed E-state index contributed by atoms with van der Waals surface area (Å²) in [5, 5.41) is 16.3. The summed E-state index contributed by atoms with van der Waals surface area (Å²) < 4.78 is 0. The number of likely N-dealkylation sites (N-methyl/N-ethyl adjacent to an activating group) is 1. The van der Waals surface area contributed by atoms with Gasteiger partial charge in [0.15, 0.2) is 0 Å². The van der Waals surface area contributed by atoms with E-state index in [1.165, 1.54) is 0 Å². The summed E-state index contributed by atoms with van der Waals surface area (Å²) >= 11 is 0. The zero-order chi connectivity index (χ0) is 34.9. The monoisotopic (exact) mass is 711 g/mol. The number of allylic oxidation sites excluding steroid dienone is 2. The zero-order valence-corrected chi connectivity index (χ0v) is 30.1. The van der Waals surface area contributed by atoms with E-state index >= 15 is 0 Å². The number of carbonyl (C=O) groups is 3. The minimum absolute atomic E-state index is 0. The second-order valence-corrected chi connectivity index (χ2v) is 12.5. The van der Waals surface area contributed by atoms with Crippen LogP contribution in [0.1, 0.15) is 121 Å². The summed E-state index contributed by atoms with van der Waals surface area (Å²) in [5.74, 6) is -1.93. The number of carbonyl (C=O) groups excluding carboxylic acids is 2. The molecule has 49 heavy (non-hydrogen) atoms. The second-order valence-electron chi connectivity index (χ2n) is 12.5. The van der Waals surface area contributed by atoms with Gasteiger partial charge in [0.25, 0.3) is 0 Å². The number of hydrogen-bond donors (Lipinski definition) is 3. The topological polar surface area (TPSA) is 149 Å². The summed E-state index contributed by atoms with van der Waals surface area (Å²) in [6.45, 7) is 18.6. The Labute approximate surface area is 297 Å². The number of fused-ring (bicyclic) bond motifs is 8. The van der Waals surface area contributed by atoms with E-state index in [1.807, 2.05) is 58.9 Å². The van der Waals surface area contributed by atoms with Gasteiger partial charge in [-0.05, 0) is 69.7 Å². The average Bonchev–Trinajstić information content (AvgIpc) is 3.72. The van der Waals surface area contributed by atoms with Crippen molar-refractivity contribution in [3.05, 3.63) is 75.4 Å². The molecule has 2 amide bonds. The van der Waals surface area contributed by atoms with Crippen molar-refractivity contribution in [1.82, 2.24) is 30.6 Å². The Hall–Kier alpha value is -4.47. The van der Waals surface area contributed by atoms with Crippen molar-refractivity contribution in [2.45, 2.75) is 86.0 Å². The third kappa shape index (κ3) is 7.14. The molecule has 8 bridgehead atoms. The molecule has 0 spiro atoms. The molecule has 5 heterocycles. The van der Waals surface area contributed by atoms with E-state index in [0.717, 1.165) is 44.7 Å². The number of carboxylic acid groups (broad SMARTS) is 1. The molecule has 3 N–H and O–H groups in total. The van der Waals surface area contributed by atoms with E-state index < -0.39 is 5.97 Å². The van der Waals surface area contributed by atoms with Crippen molar-refractivity contribution in [2.24, 2.45) is 0 Å². The van der Waals surface area contributed by atoms with Crippen LogP contribution in [0.5, 0.6) is 0 Å². The molecule has 0 aromatic carbocycles. The van der Waals surface area contributed by atoms with Crippen LogP contribution in [0.25, 0.3) is 39.3 Å². The van der Waals surface area contributed by atoms with Gasteiger partial charge >= 0.3 is 23.0 Å². The number of nitrogens with zero attached hydrogens (tertiary/aromatic N) is 4. The smallest absolute Gasteiger partial charge is 0.657 e. The van der Waals surface area contributed by atoms with Gasteiger partial charge in [-0.15, -0.1) is 22.1 Å². The maximum absolute atomic E-state index is 13.3. The molecule has 5 rings (SSSR count). The number of carboxylic acids is 1. The normalized spacial score (nSPS) is 15.5. The first-order valence-electron chi connectivity index (χ1n) is 16.7. The first-order chi connectivity index (χ1) is 22.9. The predicted octanol–water partition coefficient (Wildman–Crippen LogP) is 6.35. The van der Waals surface area contributed by atoms with Gasteiger partial charge in [-0.2, -0.15) is 0 Å². The number of aromatic nitrogens is 4. The van der Waals surface area contributed by atoms with Crippen molar-refractivity contribution < 1.29 is 36.6 Å². The van der Waals surface area contributed by atoms with Crippen molar-refractivity contribution in [3.8, 4) is 0 Å². The number of aromatic carboxylic acids is 1. The first-order valence-corrected chi connectivity index (χ1v) is 16.7. The van der Waals surface area contributed by atoms with Crippen molar-refractivity contribution in [1.29, 1.82) is 0 Å². The quantitative estimate of drug-likeness (QED) is 0.206. The SMILES string of the molecule is C=Cc1c(C)c2cc3nc(c(CC(=O)NCC)c4[n-]c(cc5nc(cc1[n-]2)C(C)=C5CC)c(C)c4C(=O)O)C(CCC(=O)NCC)C3C.[Cu+2]. The average molecular weight is 712 g/mol. The van der Waals surface area contributed by atoms with E-state index in [4.69, 9.17) is 19.9 Å². The van der Waals surface area contributed by atoms with Gasteiger partial charge < -0.3 is 25.7 Å². The van der Waals surface area contributed by atoms with Crippen LogP contribution in [0.3, 0.4) is 0 Å². The predicted molar refractivity (Wildman–Crippen MR) is 190 cm³/mol. The van der Waals surface area contributed by atoms with Crippen LogP contribution < -0.4 is 20.6 Å². The van der Waals surface area contributed by atoms with Gasteiger partial charge in [0.1, 0.15) is 0 Å². The molecule has 0 saturated heterocycles. The minimum atomic E-state index is -1.14. The Balaban J connectivity index is 0.00000541. The summed E-state index contributed by atoms with van der Waals surface area (Å²) in [6, 6.07) is 5.77. The van der Waals surface area contributed by atoms with E-state index in [2.05, 4.69) is 24.1 Å². The van der Waals surface area contributed by atoms with E-state index in [9.17, 15) is 19.5 Å². The van der Waals surface area contributed by atoms with Gasteiger partial charge in [-0.25, -0.2) is 9.78 Å². The van der Waals surface area contributed by atoms with Crippen LogP contribution in [0.4, 0.5) is 0 Å². The fraction of sp³-hybridized carbons (Fsp3) is 0.395. The third-order valence-corrected chi connectivity index (χ3v) is 9.56. The molecular formula is C38H44CuN6O4. The molecule has 3 aromatic heterocycles. The maximum atomic E-state index is 13.3. The van der Waals surface area contributed by atoms with Crippen LogP contribution in [-0.2, 0) is 33.1 Å². The van der Waals surface area contributed by atoms with Gasteiger partial charge in [-0.1, -0.05) is 55.8 Å². The molecule has 10 nitrogen and oxygen atoms in total. The standard InChI is InChI=1S/C38H46N6O4.Cu/c1-9-23-19(5)27-16-29-21(7)25(13-14-33(45)39-11-3)36(43-29)26(15-34(46)40-12-4)37-35(38(47)48)22(8)30(44-37)18-32-24(10-2)20(6)28(42-32)17-31(23)41-27;/h9,16-18,21,25H,1,10-15H2,2-8H3,(H5,39,40,41,42,43,44,45,46,47,48);/q;+2/p-2. The summed E-state index contributed by atoms with van der Waals surface area (Å²) in [6.07, 6.45) is 3.10. The Morgan fingerprint density at radius 3 is 2.20 bits per heavy atom. The van der Waals surface area contributed by atoms with Crippen LogP contribution in [0.2, 0.25) is 0 Å². The molecule has 1 radical (unpaired) electrons. The van der Waals surface area contributed by atoms with Crippen molar-refractivity contribution in [2.75, 3.05) is 13.1 Å². The van der Waals surface area contributed by atoms with Crippen LogP contribution in [0.15, 0.2) is 24.8 Å². The molecule has 3 aromatic rings. The van der Waals surface area contributed by atoms with Gasteiger partial charge in [0.05, 0.1) is 17.8 Å². The number of hydrogen-bond acceptors (Lipinski definition) is 5. The number of nitrogens with one attached hydrogen (secondary N) is 2. The fourth-order valence-corrected chi connectivity index (χ4v) is 6.93.